The van der Waals surface area contributed by atoms with Crippen molar-refractivity contribution in [3.05, 3.63) is 77.0 Å². The molecule has 0 fully saturated rings. The summed E-state index contributed by atoms with van der Waals surface area (Å²) in [6.45, 7) is 5.03. The van der Waals surface area contributed by atoms with Crippen LogP contribution in [0.4, 0.5) is 0 Å². The molecule has 1 heterocycles. The molecule has 128 valence electrons. The van der Waals surface area contributed by atoms with E-state index in [2.05, 4.69) is 66.6 Å². The summed E-state index contributed by atoms with van der Waals surface area (Å²) in [5.74, 6) is 0. The van der Waals surface area contributed by atoms with Crippen molar-refractivity contribution >= 4 is 0 Å². The molecule has 0 saturated heterocycles. The van der Waals surface area contributed by atoms with Gasteiger partial charge < -0.3 is 10.4 Å². The molecule has 0 bridgehead atoms. The van der Waals surface area contributed by atoms with E-state index >= 15 is 0 Å². The van der Waals surface area contributed by atoms with Crippen LogP contribution in [0, 0.1) is 13.8 Å². The number of nitrogens with one attached hydrogen (secondary N) is 1. The fourth-order valence-electron chi connectivity index (χ4n) is 3.34. The minimum Gasteiger partial charge on any atom is -0.392 e. The first-order chi connectivity index (χ1) is 12.1. The zero-order chi connectivity index (χ0) is 17.8. The van der Waals surface area contributed by atoms with Crippen LogP contribution < -0.4 is 5.32 Å². The number of nitrogens with zero attached hydrogens (tertiary/aromatic N) is 1. The maximum absolute atomic E-state index is 9.92. The molecule has 0 saturated carbocycles. The molecule has 2 aromatic carbocycles. The molecule has 0 spiro atoms. The predicted molar refractivity (Wildman–Crippen MR) is 103 cm³/mol. The molecule has 0 aliphatic carbocycles. The molecule has 3 nitrogen and oxygen atoms in total. The SMILES string of the molecule is CNCc1ccnc(-c2ccc(-c3c(C)cccc3C)cc2CO)c1. The van der Waals surface area contributed by atoms with E-state index < -0.39 is 0 Å². The van der Waals surface area contributed by atoms with Gasteiger partial charge in [-0.25, -0.2) is 0 Å². The summed E-state index contributed by atoms with van der Waals surface area (Å²) in [6, 6.07) is 16.7. The summed E-state index contributed by atoms with van der Waals surface area (Å²) < 4.78 is 0. The van der Waals surface area contributed by atoms with Gasteiger partial charge in [-0.15, -0.1) is 0 Å². The van der Waals surface area contributed by atoms with Gasteiger partial charge in [0.2, 0.25) is 0 Å². The normalized spacial score (nSPS) is 10.9. The Balaban J connectivity index is 2.08. The van der Waals surface area contributed by atoms with Gasteiger partial charge in [-0.2, -0.15) is 0 Å². The van der Waals surface area contributed by atoms with Crippen LogP contribution in [0.25, 0.3) is 22.4 Å². The molecular formula is C22H24N2O. The molecule has 0 aliphatic heterocycles. The average Bonchev–Trinajstić information content (AvgIpc) is 2.62. The number of aromatic nitrogens is 1. The Labute approximate surface area is 149 Å². The highest BCUT2D eigenvalue weighted by atomic mass is 16.3. The van der Waals surface area contributed by atoms with Gasteiger partial charge in [0.25, 0.3) is 0 Å². The van der Waals surface area contributed by atoms with Crippen molar-refractivity contribution in [2.45, 2.75) is 27.0 Å². The van der Waals surface area contributed by atoms with Gasteiger partial charge >= 0.3 is 0 Å². The lowest BCUT2D eigenvalue weighted by Crippen LogP contribution is -2.05. The molecule has 3 rings (SSSR count). The number of hydrogen-bond acceptors (Lipinski definition) is 3. The monoisotopic (exact) mass is 332 g/mol. The van der Waals surface area contributed by atoms with E-state index in [4.69, 9.17) is 0 Å². The molecule has 2 N–H and O–H groups in total. The zero-order valence-electron chi connectivity index (χ0n) is 15.0. The Hall–Kier alpha value is -2.49. The van der Waals surface area contributed by atoms with Crippen molar-refractivity contribution in [2.24, 2.45) is 0 Å². The number of aryl methyl sites for hydroxylation is 2. The van der Waals surface area contributed by atoms with Crippen LogP contribution in [0.2, 0.25) is 0 Å². The number of rotatable bonds is 5. The van der Waals surface area contributed by atoms with Crippen LogP contribution in [0.1, 0.15) is 22.3 Å². The van der Waals surface area contributed by atoms with E-state index in [-0.39, 0.29) is 6.61 Å². The van der Waals surface area contributed by atoms with Crippen molar-refractivity contribution in [3.63, 3.8) is 0 Å². The molecule has 3 aromatic rings. The van der Waals surface area contributed by atoms with Crippen LogP contribution in [0.3, 0.4) is 0 Å². The maximum Gasteiger partial charge on any atom is 0.0708 e. The minimum atomic E-state index is -0.00790. The van der Waals surface area contributed by atoms with E-state index in [0.717, 1.165) is 28.9 Å². The van der Waals surface area contributed by atoms with E-state index in [1.807, 2.05) is 19.3 Å². The Morgan fingerprint density at radius 1 is 1.00 bits per heavy atom. The lowest BCUT2D eigenvalue weighted by molar-refractivity contribution is 0.282. The lowest BCUT2D eigenvalue weighted by atomic mass is 9.92. The quantitative estimate of drug-likeness (QED) is 0.734. The van der Waals surface area contributed by atoms with Gasteiger partial charge in [-0.1, -0.05) is 30.3 Å². The van der Waals surface area contributed by atoms with Crippen LogP contribution >= 0.6 is 0 Å². The average molecular weight is 332 g/mol. The van der Waals surface area contributed by atoms with E-state index in [1.165, 1.54) is 22.3 Å². The van der Waals surface area contributed by atoms with Crippen LogP contribution in [0.15, 0.2) is 54.7 Å². The highest BCUT2D eigenvalue weighted by Gasteiger charge is 2.11. The highest BCUT2D eigenvalue weighted by Crippen LogP contribution is 2.32. The van der Waals surface area contributed by atoms with Crippen LogP contribution in [-0.2, 0) is 13.2 Å². The van der Waals surface area contributed by atoms with Gasteiger partial charge in [-0.3, -0.25) is 4.98 Å². The zero-order valence-corrected chi connectivity index (χ0v) is 15.0. The van der Waals surface area contributed by atoms with Crippen molar-refractivity contribution in [3.8, 4) is 22.4 Å². The summed E-state index contributed by atoms with van der Waals surface area (Å²) in [7, 11) is 1.93. The molecule has 0 amide bonds. The largest absolute Gasteiger partial charge is 0.392 e. The first kappa shape index (κ1) is 17.3. The molecule has 0 atom stereocenters. The van der Waals surface area contributed by atoms with E-state index in [0.29, 0.717) is 0 Å². The standard InChI is InChI=1S/C22H24N2O/c1-15-5-4-6-16(2)22(15)18-7-8-20(19(12-18)14-25)21-11-17(13-23-3)9-10-24-21/h4-12,23,25H,13-14H2,1-3H3. The number of aliphatic hydroxyl groups excluding tert-OH is 1. The van der Waals surface area contributed by atoms with Gasteiger partial charge in [0.05, 0.1) is 12.3 Å². The molecule has 0 radical (unpaired) electrons. The van der Waals surface area contributed by atoms with Gasteiger partial charge in [0.1, 0.15) is 0 Å². The topological polar surface area (TPSA) is 45.2 Å². The summed E-state index contributed by atoms with van der Waals surface area (Å²) >= 11 is 0. The molecule has 0 unspecified atom stereocenters. The van der Waals surface area contributed by atoms with Crippen LogP contribution in [-0.4, -0.2) is 17.1 Å². The molecule has 0 aliphatic rings. The Bertz CT molecular complexity index is 867. The van der Waals surface area contributed by atoms with Gasteiger partial charge in [0.15, 0.2) is 0 Å². The second-order valence-corrected chi connectivity index (χ2v) is 6.38. The highest BCUT2D eigenvalue weighted by molar-refractivity contribution is 5.75. The predicted octanol–water partition coefficient (Wildman–Crippen LogP) is 4.24. The van der Waals surface area contributed by atoms with Crippen molar-refractivity contribution in [1.82, 2.24) is 10.3 Å². The lowest BCUT2D eigenvalue weighted by Gasteiger charge is -2.14. The summed E-state index contributed by atoms with van der Waals surface area (Å²) in [5.41, 5.74) is 8.80. The third-order valence-electron chi connectivity index (χ3n) is 4.53. The first-order valence-electron chi connectivity index (χ1n) is 8.54. The summed E-state index contributed by atoms with van der Waals surface area (Å²) in [6.07, 6.45) is 1.82. The van der Waals surface area contributed by atoms with Crippen LogP contribution in [0.5, 0.6) is 0 Å². The fraction of sp³-hybridized carbons (Fsp3) is 0.227. The molecule has 3 heteroatoms. The van der Waals surface area contributed by atoms with E-state index in [1.54, 1.807) is 0 Å². The smallest absolute Gasteiger partial charge is 0.0708 e. The van der Waals surface area contributed by atoms with Crippen molar-refractivity contribution in [1.29, 1.82) is 0 Å². The maximum atomic E-state index is 9.92. The number of benzene rings is 2. The number of pyridine rings is 1. The number of hydrogen-bond donors (Lipinski definition) is 2. The van der Waals surface area contributed by atoms with Gasteiger partial charge in [0, 0.05) is 18.3 Å². The van der Waals surface area contributed by atoms with E-state index in [9.17, 15) is 5.11 Å². The fourth-order valence-corrected chi connectivity index (χ4v) is 3.34. The molecule has 1 aromatic heterocycles. The second-order valence-electron chi connectivity index (χ2n) is 6.38. The van der Waals surface area contributed by atoms with Crippen molar-refractivity contribution < 1.29 is 5.11 Å². The Morgan fingerprint density at radius 2 is 1.76 bits per heavy atom. The second kappa shape index (κ2) is 7.60. The first-order valence-corrected chi connectivity index (χ1v) is 8.54. The number of aliphatic hydroxyl groups is 1. The molecular weight excluding hydrogens is 308 g/mol. The summed E-state index contributed by atoms with van der Waals surface area (Å²) in [4.78, 5) is 4.50. The Morgan fingerprint density at radius 3 is 2.44 bits per heavy atom. The molecule has 25 heavy (non-hydrogen) atoms. The minimum absolute atomic E-state index is 0.00790. The van der Waals surface area contributed by atoms with Crippen molar-refractivity contribution in [2.75, 3.05) is 7.05 Å². The third kappa shape index (κ3) is 3.63. The summed E-state index contributed by atoms with van der Waals surface area (Å²) in [5, 5.41) is 13.1. The third-order valence-corrected chi connectivity index (χ3v) is 4.53. The Kier molecular flexibility index (Phi) is 5.27. The van der Waals surface area contributed by atoms with Gasteiger partial charge in [-0.05, 0) is 72.5 Å².